The standard InChI is InChI=1S/C23H26N2O3/c1-28-23(27)20-10-5-18(6-11-20)9-14-22(26)24-21-12-7-19(8-13-21)17-25-15-3-2-4-16-25/h5-14H,2-4,15-17H2,1H3,(H,24,26)/b14-9+. The lowest BCUT2D eigenvalue weighted by Crippen LogP contribution is -2.29. The molecule has 0 saturated carbocycles. The van der Waals surface area contributed by atoms with Gasteiger partial charge in [0.15, 0.2) is 0 Å². The topological polar surface area (TPSA) is 58.6 Å². The van der Waals surface area contributed by atoms with Gasteiger partial charge in [0.1, 0.15) is 0 Å². The van der Waals surface area contributed by atoms with E-state index in [1.165, 1.54) is 51.1 Å². The molecule has 0 aromatic heterocycles. The summed E-state index contributed by atoms with van der Waals surface area (Å²) in [6.45, 7) is 3.31. The molecule has 1 aliphatic rings. The smallest absolute Gasteiger partial charge is 0.337 e. The van der Waals surface area contributed by atoms with Gasteiger partial charge in [-0.25, -0.2) is 4.79 Å². The van der Waals surface area contributed by atoms with Crippen molar-refractivity contribution in [2.45, 2.75) is 25.8 Å². The summed E-state index contributed by atoms with van der Waals surface area (Å²) in [6, 6.07) is 14.9. The number of hydrogen-bond donors (Lipinski definition) is 1. The number of methoxy groups -OCH3 is 1. The number of carbonyl (C=O) groups excluding carboxylic acids is 2. The summed E-state index contributed by atoms with van der Waals surface area (Å²) < 4.78 is 4.67. The molecule has 146 valence electrons. The van der Waals surface area contributed by atoms with E-state index >= 15 is 0 Å². The average Bonchev–Trinajstić information content (AvgIpc) is 2.74. The Morgan fingerprint density at radius 2 is 1.68 bits per heavy atom. The van der Waals surface area contributed by atoms with Gasteiger partial charge in [-0.1, -0.05) is 30.7 Å². The molecule has 1 N–H and O–H groups in total. The maximum atomic E-state index is 12.1. The minimum atomic E-state index is -0.378. The van der Waals surface area contributed by atoms with Crippen LogP contribution in [0.25, 0.3) is 6.08 Å². The molecular weight excluding hydrogens is 352 g/mol. The predicted molar refractivity (Wildman–Crippen MR) is 111 cm³/mol. The summed E-state index contributed by atoms with van der Waals surface area (Å²) >= 11 is 0. The molecule has 5 heteroatoms. The van der Waals surface area contributed by atoms with Crippen molar-refractivity contribution >= 4 is 23.6 Å². The quantitative estimate of drug-likeness (QED) is 0.607. The Hall–Kier alpha value is -2.92. The zero-order chi connectivity index (χ0) is 19.8. The fourth-order valence-electron chi connectivity index (χ4n) is 3.27. The molecule has 1 amide bonds. The third-order valence-corrected chi connectivity index (χ3v) is 4.84. The number of anilines is 1. The maximum Gasteiger partial charge on any atom is 0.337 e. The number of amides is 1. The minimum absolute atomic E-state index is 0.194. The lowest BCUT2D eigenvalue weighted by atomic mass is 10.1. The molecule has 5 nitrogen and oxygen atoms in total. The van der Waals surface area contributed by atoms with Gasteiger partial charge in [-0.05, 0) is 67.4 Å². The number of nitrogens with one attached hydrogen (secondary N) is 1. The molecule has 0 spiro atoms. The van der Waals surface area contributed by atoms with Crippen molar-refractivity contribution in [3.05, 3.63) is 71.3 Å². The van der Waals surface area contributed by atoms with Crippen LogP contribution in [0.3, 0.4) is 0 Å². The van der Waals surface area contributed by atoms with Crippen LogP contribution < -0.4 is 5.32 Å². The molecule has 1 heterocycles. The Labute approximate surface area is 166 Å². The van der Waals surface area contributed by atoms with Crippen LogP contribution in [0.15, 0.2) is 54.6 Å². The van der Waals surface area contributed by atoms with Gasteiger partial charge in [0.2, 0.25) is 5.91 Å². The maximum absolute atomic E-state index is 12.1. The lowest BCUT2D eigenvalue weighted by Gasteiger charge is -2.26. The van der Waals surface area contributed by atoms with E-state index in [4.69, 9.17) is 0 Å². The van der Waals surface area contributed by atoms with Gasteiger partial charge in [-0.3, -0.25) is 9.69 Å². The van der Waals surface area contributed by atoms with Crippen LogP contribution in [0.1, 0.15) is 40.7 Å². The van der Waals surface area contributed by atoms with Gasteiger partial charge >= 0.3 is 5.97 Å². The fourth-order valence-corrected chi connectivity index (χ4v) is 3.27. The molecular formula is C23H26N2O3. The van der Waals surface area contributed by atoms with Crippen LogP contribution in [-0.4, -0.2) is 37.0 Å². The summed E-state index contributed by atoms with van der Waals surface area (Å²) in [5, 5.41) is 2.87. The van der Waals surface area contributed by atoms with E-state index in [2.05, 4.69) is 27.1 Å². The third kappa shape index (κ3) is 5.79. The number of rotatable bonds is 6. The monoisotopic (exact) mass is 378 g/mol. The summed E-state index contributed by atoms with van der Waals surface area (Å²) in [6.07, 6.45) is 7.10. The number of benzene rings is 2. The summed E-state index contributed by atoms with van der Waals surface area (Å²) in [7, 11) is 1.35. The van der Waals surface area contributed by atoms with E-state index in [-0.39, 0.29) is 11.9 Å². The Kier molecular flexibility index (Phi) is 6.98. The first kappa shape index (κ1) is 19.8. The largest absolute Gasteiger partial charge is 0.465 e. The van der Waals surface area contributed by atoms with Crippen LogP contribution in [0.5, 0.6) is 0 Å². The second-order valence-electron chi connectivity index (χ2n) is 6.97. The molecule has 28 heavy (non-hydrogen) atoms. The van der Waals surface area contributed by atoms with Gasteiger partial charge in [-0.2, -0.15) is 0 Å². The fraction of sp³-hybridized carbons (Fsp3) is 0.304. The molecule has 0 radical (unpaired) electrons. The molecule has 2 aromatic rings. The summed E-state index contributed by atoms with van der Waals surface area (Å²) in [5.41, 5.74) is 3.35. The second-order valence-corrected chi connectivity index (χ2v) is 6.97. The molecule has 0 atom stereocenters. The first-order valence-electron chi connectivity index (χ1n) is 9.63. The van der Waals surface area contributed by atoms with E-state index in [1.54, 1.807) is 30.3 Å². The van der Waals surface area contributed by atoms with E-state index in [1.807, 2.05) is 12.1 Å². The van der Waals surface area contributed by atoms with E-state index < -0.39 is 0 Å². The molecule has 1 aliphatic heterocycles. The number of carbonyl (C=O) groups is 2. The highest BCUT2D eigenvalue weighted by molar-refractivity contribution is 6.02. The van der Waals surface area contributed by atoms with Gasteiger partial charge < -0.3 is 10.1 Å². The number of piperidine rings is 1. The van der Waals surface area contributed by atoms with E-state index in [0.717, 1.165) is 17.8 Å². The Bertz CT molecular complexity index is 820. The van der Waals surface area contributed by atoms with Crippen molar-refractivity contribution in [3.63, 3.8) is 0 Å². The Morgan fingerprint density at radius 3 is 2.32 bits per heavy atom. The predicted octanol–water partition coefficient (Wildman–Crippen LogP) is 4.11. The number of hydrogen-bond acceptors (Lipinski definition) is 4. The van der Waals surface area contributed by atoms with Crippen LogP contribution in [0.4, 0.5) is 5.69 Å². The SMILES string of the molecule is COC(=O)c1ccc(/C=C/C(=O)Nc2ccc(CN3CCCCC3)cc2)cc1. The zero-order valence-corrected chi connectivity index (χ0v) is 16.2. The number of ether oxygens (including phenoxy) is 1. The van der Waals surface area contributed by atoms with Crippen LogP contribution >= 0.6 is 0 Å². The van der Waals surface area contributed by atoms with Crippen molar-refractivity contribution in [1.29, 1.82) is 0 Å². The summed E-state index contributed by atoms with van der Waals surface area (Å²) in [4.78, 5) is 26.0. The third-order valence-electron chi connectivity index (χ3n) is 4.84. The van der Waals surface area contributed by atoms with Gasteiger partial charge in [0.25, 0.3) is 0 Å². The lowest BCUT2D eigenvalue weighted by molar-refractivity contribution is -0.111. The van der Waals surface area contributed by atoms with Gasteiger partial charge in [-0.15, -0.1) is 0 Å². The average molecular weight is 378 g/mol. The molecule has 0 unspecified atom stereocenters. The van der Waals surface area contributed by atoms with Crippen molar-refractivity contribution in [2.24, 2.45) is 0 Å². The summed E-state index contributed by atoms with van der Waals surface area (Å²) in [5.74, 6) is -0.571. The van der Waals surface area contributed by atoms with Crippen molar-refractivity contribution in [3.8, 4) is 0 Å². The molecule has 1 saturated heterocycles. The number of nitrogens with zero attached hydrogens (tertiary/aromatic N) is 1. The highest BCUT2D eigenvalue weighted by atomic mass is 16.5. The number of likely N-dealkylation sites (tertiary alicyclic amines) is 1. The Balaban J connectivity index is 1.51. The Morgan fingerprint density at radius 1 is 1.00 bits per heavy atom. The molecule has 2 aromatic carbocycles. The van der Waals surface area contributed by atoms with Gasteiger partial charge in [0.05, 0.1) is 12.7 Å². The number of esters is 1. The second kappa shape index (κ2) is 9.85. The normalized spacial score (nSPS) is 14.8. The van der Waals surface area contributed by atoms with E-state index in [9.17, 15) is 9.59 Å². The molecule has 0 bridgehead atoms. The highest BCUT2D eigenvalue weighted by Crippen LogP contribution is 2.15. The first-order chi connectivity index (χ1) is 13.6. The van der Waals surface area contributed by atoms with Crippen LogP contribution in [0, 0.1) is 0 Å². The van der Waals surface area contributed by atoms with Crippen LogP contribution in [-0.2, 0) is 16.1 Å². The van der Waals surface area contributed by atoms with Crippen molar-refractivity contribution < 1.29 is 14.3 Å². The van der Waals surface area contributed by atoms with Gasteiger partial charge in [0, 0.05) is 18.3 Å². The molecule has 3 rings (SSSR count). The van der Waals surface area contributed by atoms with Crippen molar-refractivity contribution in [2.75, 3.05) is 25.5 Å². The van der Waals surface area contributed by atoms with Crippen molar-refractivity contribution in [1.82, 2.24) is 4.90 Å². The van der Waals surface area contributed by atoms with E-state index in [0.29, 0.717) is 5.56 Å². The molecule has 0 aliphatic carbocycles. The minimum Gasteiger partial charge on any atom is -0.465 e. The van der Waals surface area contributed by atoms with Crippen LogP contribution in [0.2, 0.25) is 0 Å². The first-order valence-corrected chi connectivity index (χ1v) is 9.63. The molecule has 1 fully saturated rings. The zero-order valence-electron chi connectivity index (χ0n) is 16.2. The highest BCUT2D eigenvalue weighted by Gasteiger charge is 2.10.